The molecule has 0 aliphatic rings. The minimum Gasteiger partial charge on any atom is -0.481 e. The van der Waals surface area contributed by atoms with Gasteiger partial charge < -0.3 is 13.6 Å². The van der Waals surface area contributed by atoms with Gasteiger partial charge in [0.2, 0.25) is 5.89 Å². The van der Waals surface area contributed by atoms with Gasteiger partial charge in [0.1, 0.15) is 11.6 Å². The molecular weight excluding hydrogens is 381 g/mol. The fourth-order valence-corrected chi connectivity index (χ4v) is 3.07. The molecule has 0 unspecified atom stereocenters. The number of hydrogen-bond acceptors (Lipinski definition) is 7. The first-order valence-corrected chi connectivity index (χ1v) is 9.54. The molecule has 1 atom stereocenters. The molecule has 142 valence electrons. The number of halogens is 1. The fraction of sp³-hybridized carbons (Fsp3) is 0.150. The smallest absolute Gasteiger partial charge is 0.277 e. The van der Waals surface area contributed by atoms with Crippen LogP contribution in [0.3, 0.4) is 0 Å². The molecule has 0 spiro atoms. The van der Waals surface area contributed by atoms with Gasteiger partial charge in [0, 0.05) is 5.56 Å². The van der Waals surface area contributed by atoms with E-state index in [9.17, 15) is 4.39 Å². The Morgan fingerprint density at radius 2 is 1.82 bits per heavy atom. The van der Waals surface area contributed by atoms with Crippen molar-refractivity contribution in [2.24, 2.45) is 0 Å². The Morgan fingerprint density at radius 1 is 1.04 bits per heavy atom. The number of thioether (sulfide) groups is 1. The Bertz CT molecular complexity index is 1030. The van der Waals surface area contributed by atoms with Gasteiger partial charge in [-0.3, -0.25) is 0 Å². The van der Waals surface area contributed by atoms with Gasteiger partial charge in [0.25, 0.3) is 11.1 Å². The summed E-state index contributed by atoms with van der Waals surface area (Å²) in [6.07, 6.45) is 1.24. The Balaban J connectivity index is 1.35. The van der Waals surface area contributed by atoms with Crippen molar-refractivity contribution < 1.29 is 18.0 Å². The molecule has 8 heteroatoms. The summed E-state index contributed by atoms with van der Waals surface area (Å²) < 4.78 is 30.0. The molecule has 2 aromatic heterocycles. The average molecular weight is 397 g/mol. The molecule has 0 radical (unpaired) electrons. The normalized spacial score (nSPS) is 12.1. The van der Waals surface area contributed by atoms with Crippen LogP contribution < -0.4 is 4.74 Å². The lowest BCUT2D eigenvalue weighted by atomic mass is 10.2. The molecule has 2 aromatic carbocycles. The summed E-state index contributed by atoms with van der Waals surface area (Å²) in [6.45, 7) is 1.78. The molecule has 0 fully saturated rings. The van der Waals surface area contributed by atoms with E-state index in [0.717, 1.165) is 5.56 Å². The van der Waals surface area contributed by atoms with Crippen LogP contribution in [0.4, 0.5) is 4.39 Å². The molecule has 0 aliphatic heterocycles. The zero-order valence-electron chi connectivity index (χ0n) is 14.9. The molecule has 0 bridgehead atoms. The van der Waals surface area contributed by atoms with Crippen LogP contribution >= 0.6 is 11.8 Å². The lowest BCUT2D eigenvalue weighted by molar-refractivity contribution is 0.181. The molecule has 0 saturated carbocycles. The summed E-state index contributed by atoms with van der Waals surface area (Å²) in [4.78, 5) is 4.28. The van der Waals surface area contributed by atoms with Gasteiger partial charge in [-0.1, -0.05) is 42.1 Å². The van der Waals surface area contributed by atoms with E-state index >= 15 is 0 Å². The molecule has 6 nitrogen and oxygen atoms in total. The van der Waals surface area contributed by atoms with E-state index in [0.29, 0.717) is 34.3 Å². The van der Waals surface area contributed by atoms with Gasteiger partial charge in [0.15, 0.2) is 11.9 Å². The quantitative estimate of drug-likeness (QED) is 0.392. The van der Waals surface area contributed by atoms with Crippen molar-refractivity contribution in [2.75, 3.05) is 0 Å². The molecule has 2 heterocycles. The van der Waals surface area contributed by atoms with E-state index in [2.05, 4.69) is 15.2 Å². The number of nitrogens with zero attached hydrogens (tertiary/aromatic N) is 3. The third kappa shape index (κ3) is 4.40. The highest BCUT2D eigenvalue weighted by atomic mass is 32.2. The predicted molar refractivity (Wildman–Crippen MR) is 101 cm³/mol. The first-order chi connectivity index (χ1) is 13.7. The average Bonchev–Trinajstić information content (AvgIpc) is 3.38. The maximum absolute atomic E-state index is 13.0. The molecule has 0 N–H and O–H groups in total. The molecule has 0 aliphatic carbocycles. The van der Waals surface area contributed by atoms with Crippen LogP contribution in [0, 0.1) is 5.82 Å². The first-order valence-electron chi connectivity index (χ1n) is 8.56. The standard InChI is InChI=1S/C20H16FN3O3S/c1-13(25-16-9-7-15(21)8-10-16)19-23-24-20(27-19)28-12-18-22-11-17(26-18)14-5-3-2-4-6-14/h2-11,13H,12H2,1H3/t13-/m1/s1. The molecule has 0 amide bonds. The van der Waals surface area contributed by atoms with Crippen LogP contribution in [-0.2, 0) is 5.75 Å². The van der Waals surface area contributed by atoms with E-state index in [1.165, 1.54) is 23.9 Å². The van der Waals surface area contributed by atoms with Crippen molar-refractivity contribution in [1.82, 2.24) is 15.2 Å². The highest BCUT2D eigenvalue weighted by Crippen LogP contribution is 2.27. The summed E-state index contributed by atoms with van der Waals surface area (Å²) >= 11 is 1.33. The van der Waals surface area contributed by atoms with Crippen molar-refractivity contribution in [3.63, 3.8) is 0 Å². The summed E-state index contributed by atoms with van der Waals surface area (Å²) in [5, 5.41) is 8.41. The Kier molecular flexibility index (Phi) is 5.38. The van der Waals surface area contributed by atoms with E-state index in [1.54, 1.807) is 25.3 Å². The summed E-state index contributed by atoms with van der Waals surface area (Å²) in [5.41, 5.74) is 0.970. The number of ether oxygens (including phenoxy) is 1. The lowest BCUT2D eigenvalue weighted by Crippen LogP contribution is -2.03. The van der Waals surface area contributed by atoms with Crippen molar-refractivity contribution in [3.05, 3.63) is 78.4 Å². The second-order valence-electron chi connectivity index (χ2n) is 5.89. The van der Waals surface area contributed by atoms with E-state index in [4.69, 9.17) is 13.6 Å². The van der Waals surface area contributed by atoms with Gasteiger partial charge in [-0.15, -0.1) is 10.2 Å². The Morgan fingerprint density at radius 3 is 2.61 bits per heavy atom. The van der Waals surface area contributed by atoms with Gasteiger partial charge in [-0.2, -0.15) is 0 Å². The Hall–Kier alpha value is -3.13. The van der Waals surface area contributed by atoms with Gasteiger partial charge in [-0.05, 0) is 31.2 Å². The third-order valence-corrected chi connectivity index (χ3v) is 4.63. The number of benzene rings is 2. The van der Waals surface area contributed by atoms with Gasteiger partial charge in [-0.25, -0.2) is 9.37 Å². The largest absolute Gasteiger partial charge is 0.481 e. The van der Waals surface area contributed by atoms with Crippen LogP contribution in [0.2, 0.25) is 0 Å². The van der Waals surface area contributed by atoms with Crippen LogP contribution in [0.25, 0.3) is 11.3 Å². The van der Waals surface area contributed by atoms with Gasteiger partial charge >= 0.3 is 0 Å². The van der Waals surface area contributed by atoms with E-state index in [-0.39, 0.29) is 5.82 Å². The van der Waals surface area contributed by atoms with Crippen molar-refractivity contribution in [1.29, 1.82) is 0 Å². The molecule has 28 heavy (non-hydrogen) atoms. The number of aromatic nitrogens is 3. The number of rotatable bonds is 7. The first kappa shape index (κ1) is 18.2. The van der Waals surface area contributed by atoms with Crippen molar-refractivity contribution in [2.45, 2.75) is 24.0 Å². The predicted octanol–water partition coefficient (Wildman–Crippen LogP) is 5.30. The zero-order chi connectivity index (χ0) is 19.3. The highest BCUT2D eigenvalue weighted by Gasteiger charge is 2.17. The van der Waals surface area contributed by atoms with E-state index in [1.807, 2.05) is 30.3 Å². The molecular formula is C20H16FN3O3S. The minimum absolute atomic E-state index is 0.321. The summed E-state index contributed by atoms with van der Waals surface area (Å²) in [7, 11) is 0. The second kappa shape index (κ2) is 8.26. The number of oxazole rings is 1. The van der Waals surface area contributed by atoms with Gasteiger partial charge in [0.05, 0.1) is 11.9 Å². The topological polar surface area (TPSA) is 74.2 Å². The molecule has 4 rings (SSSR count). The van der Waals surface area contributed by atoms with Crippen molar-refractivity contribution in [3.8, 4) is 17.1 Å². The summed E-state index contributed by atoms with van der Waals surface area (Å²) in [6, 6.07) is 15.5. The summed E-state index contributed by atoms with van der Waals surface area (Å²) in [5.74, 6) is 2.28. The maximum Gasteiger partial charge on any atom is 0.277 e. The second-order valence-corrected chi connectivity index (χ2v) is 6.82. The molecule has 4 aromatic rings. The van der Waals surface area contributed by atoms with Crippen LogP contribution in [-0.4, -0.2) is 15.2 Å². The minimum atomic E-state index is -0.460. The Labute approximate surface area is 164 Å². The maximum atomic E-state index is 13.0. The zero-order valence-corrected chi connectivity index (χ0v) is 15.7. The van der Waals surface area contributed by atoms with Crippen molar-refractivity contribution >= 4 is 11.8 Å². The van der Waals surface area contributed by atoms with Crippen LogP contribution in [0.5, 0.6) is 5.75 Å². The number of hydrogen-bond donors (Lipinski definition) is 0. The SMILES string of the molecule is C[C@@H](Oc1ccc(F)cc1)c1nnc(SCc2ncc(-c3ccccc3)o2)o1. The monoisotopic (exact) mass is 397 g/mol. The lowest BCUT2D eigenvalue weighted by Gasteiger charge is -2.10. The van der Waals surface area contributed by atoms with E-state index < -0.39 is 6.10 Å². The molecule has 0 saturated heterocycles. The highest BCUT2D eigenvalue weighted by molar-refractivity contribution is 7.98. The van der Waals surface area contributed by atoms with Crippen LogP contribution in [0.15, 0.2) is 74.9 Å². The third-order valence-electron chi connectivity index (χ3n) is 3.83. The van der Waals surface area contributed by atoms with Crippen LogP contribution in [0.1, 0.15) is 24.8 Å². The fourth-order valence-electron chi connectivity index (χ4n) is 2.45.